The molecule has 0 aromatic heterocycles. The van der Waals surface area contributed by atoms with E-state index in [1.54, 1.807) is 12.1 Å². The second-order valence-corrected chi connectivity index (χ2v) is 2.57. The molecule has 1 unspecified atom stereocenters. The summed E-state index contributed by atoms with van der Waals surface area (Å²) < 4.78 is 13.1. The van der Waals surface area contributed by atoms with Crippen LogP contribution in [0.4, 0.5) is 4.39 Å². The molecule has 0 N–H and O–H groups in total. The van der Waals surface area contributed by atoms with Crippen molar-refractivity contribution in [3.05, 3.63) is 35.9 Å². The summed E-state index contributed by atoms with van der Waals surface area (Å²) in [7, 11) is 0. The average molecular weight is 151 g/mol. The molecule has 59 valence electrons. The van der Waals surface area contributed by atoms with Gasteiger partial charge in [-0.25, -0.2) is 4.39 Å². The summed E-state index contributed by atoms with van der Waals surface area (Å²) >= 11 is 0. The maximum absolute atomic E-state index is 13.1. The largest absolute Gasteiger partial charge is 0.242 e. The number of benzene rings is 1. The molecule has 0 amide bonds. The lowest BCUT2D eigenvalue weighted by molar-refractivity contribution is 0.320. The van der Waals surface area contributed by atoms with Crippen molar-refractivity contribution in [2.75, 3.05) is 0 Å². The van der Waals surface area contributed by atoms with Gasteiger partial charge in [-0.05, 0) is 18.1 Å². The third-order valence-electron chi connectivity index (χ3n) is 1.61. The Morgan fingerprint density at radius 2 is 2.36 bits per heavy atom. The van der Waals surface area contributed by atoms with Crippen molar-refractivity contribution >= 4 is 0 Å². The zero-order chi connectivity index (χ0) is 8.10. The molecule has 0 spiro atoms. The van der Waals surface area contributed by atoms with Crippen molar-refractivity contribution in [1.29, 1.82) is 0 Å². The predicted molar refractivity (Wildman–Crippen MR) is 44.0 cm³/mol. The molecule has 0 saturated carbocycles. The van der Waals surface area contributed by atoms with E-state index in [0.29, 0.717) is 12.0 Å². The molecule has 0 bridgehead atoms. The molecule has 1 rings (SSSR count). The van der Waals surface area contributed by atoms with Crippen LogP contribution >= 0.6 is 0 Å². The SMILES string of the molecule is CCCC(F)c1[c]cccc1. The highest BCUT2D eigenvalue weighted by Gasteiger charge is 2.06. The second-order valence-electron chi connectivity index (χ2n) is 2.57. The Morgan fingerprint density at radius 3 is 2.91 bits per heavy atom. The van der Waals surface area contributed by atoms with Crippen LogP contribution in [0.3, 0.4) is 0 Å². The third-order valence-corrected chi connectivity index (χ3v) is 1.61. The molecule has 1 aromatic rings. The van der Waals surface area contributed by atoms with Crippen LogP contribution in [0, 0.1) is 6.07 Å². The van der Waals surface area contributed by atoms with E-state index in [1.165, 1.54) is 0 Å². The fourth-order valence-electron chi connectivity index (χ4n) is 1.01. The Bertz CT molecular complexity index is 193. The van der Waals surface area contributed by atoms with Gasteiger partial charge in [0.2, 0.25) is 0 Å². The maximum atomic E-state index is 13.1. The number of hydrogen-bond acceptors (Lipinski definition) is 0. The molecule has 1 atom stereocenters. The average Bonchev–Trinajstić information content (AvgIpc) is 2.07. The fourth-order valence-corrected chi connectivity index (χ4v) is 1.01. The molecule has 0 heterocycles. The lowest BCUT2D eigenvalue weighted by Crippen LogP contribution is -1.89. The van der Waals surface area contributed by atoms with E-state index < -0.39 is 6.17 Å². The van der Waals surface area contributed by atoms with Gasteiger partial charge in [0.25, 0.3) is 0 Å². The Morgan fingerprint density at radius 1 is 1.55 bits per heavy atom. The van der Waals surface area contributed by atoms with Crippen LogP contribution in [0.1, 0.15) is 31.5 Å². The van der Waals surface area contributed by atoms with Gasteiger partial charge in [0, 0.05) is 0 Å². The molecule has 1 heteroatoms. The first-order valence-corrected chi connectivity index (χ1v) is 3.95. The summed E-state index contributed by atoms with van der Waals surface area (Å²) in [5.74, 6) is 0. The summed E-state index contributed by atoms with van der Waals surface area (Å²) in [6.45, 7) is 1.98. The van der Waals surface area contributed by atoms with Crippen LogP contribution in [-0.4, -0.2) is 0 Å². The summed E-state index contributed by atoms with van der Waals surface area (Å²) in [4.78, 5) is 0. The van der Waals surface area contributed by atoms with Gasteiger partial charge < -0.3 is 0 Å². The van der Waals surface area contributed by atoms with E-state index in [-0.39, 0.29) is 0 Å². The maximum Gasteiger partial charge on any atom is 0.126 e. The highest BCUT2D eigenvalue weighted by molar-refractivity contribution is 5.15. The lowest BCUT2D eigenvalue weighted by atomic mass is 10.1. The van der Waals surface area contributed by atoms with Gasteiger partial charge >= 0.3 is 0 Å². The fraction of sp³-hybridized carbons (Fsp3) is 0.400. The number of rotatable bonds is 3. The summed E-state index contributed by atoms with van der Waals surface area (Å²) in [5, 5.41) is 0. The number of alkyl halides is 1. The zero-order valence-corrected chi connectivity index (χ0v) is 6.68. The van der Waals surface area contributed by atoms with E-state index in [1.807, 2.05) is 19.1 Å². The number of hydrogen-bond donors (Lipinski definition) is 0. The van der Waals surface area contributed by atoms with Crippen LogP contribution < -0.4 is 0 Å². The predicted octanol–water partition coefficient (Wildman–Crippen LogP) is 3.30. The van der Waals surface area contributed by atoms with Crippen LogP contribution in [0.2, 0.25) is 0 Å². The molecule has 0 nitrogen and oxygen atoms in total. The van der Waals surface area contributed by atoms with Crippen molar-refractivity contribution < 1.29 is 4.39 Å². The first-order valence-electron chi connectivity index (χ1n) is 3.95. The molecular weight excluding hydrogens is 139 g/mol. The van der Waals surface area contributed by atoms with Crippen molar-refractivity contribution in [3.63, 3.8) is 0 Å². The van der Waals surface area contributed by atoms with E-state index >= 15 is 0 Å². The van der Waals surface area contributed by atoms with Gasteiger partial charge in [0.1, 0.15) is 6.17 Å². The van der Waals surface area contributed by atoms with E-state index in [4.69, 9.17) is 0 Å². The van der Waals surface area contributed by atoms with Crippen LogP contribution in [0.5, 0.6) is 0 Å². The summed E-state index contributed by atoms with van der Waals surface area (Å²) in [6.07, 6.45) is 0.644. The molecule has 0 aliphatic rings. The molecule has 1 radical (unpaired) electrons. The topological polar surface area (TPSA) is 0 Å². The molecule has 0 fully saturated rings. The molecule has 1 aromatic carbocycles. The second kappa shape index (κ2) is 4.12. The third kappa shape index (κ3) is 2.34. The molecule has 0 aliphatic carbocycles. The van der Waals surface area contributed by atoms with E-state index in [2.05, 4.69) is 6.07 Å². The Hall–Kier alpha value is -0.850. The minimum absolute atomic E-state index is 0.598. The molecule has 11 heavy (non-hydrogen) atoms. The summed E-state index contributed by atoms with van der Waals surface area (Å²) in [6, 6.07) is 10.1. The number of halogens is 1. The molecular formula is C10H12F. The van der Waals surface area contributed by atoms with Gasteiger partial charge in [0.15, 0.2) is 0 Å². The Labute approximate surface area is 67.1 Å². The van der Waals surface area contributed by atoms with Crippen LogP contribution in [0.15, 0.2) is 24.3 Å². The molecule has 0 aliphatic heterocycles. The lowest BCUT2D eigenvalue weighted by Gasteiger charge is -2.04. The minimum Gasteiger partial charge on any atom is -0.242 e. The zero-order valence-electron chi connectivity index (χ0n) is 6.68. The van der Waals surface area contributed by atoms with Gasteiger partial charge in [-0.1, -0.05) is 37.6 Å². The quantitative estimate of drug-likeness (QED) is 0.621. The summed E-state index contributed by atoms with van der Waals surface area (Å²) in [5.41, 5.74) is 0.675. The standard InChI is InChI=1S/C10H12F/c1-2-6-10(11)9-7-4-3-5-8-9/h3-5,7,10H,2,6H2,1H3. The van der Waals surface area contributed by atoms with E-state index in [0.717, 1.165) is 6.42 Å². The highest BCUT2D eigenvalue weighted by Crippen LogP contribution is 2.21. The van der Waals surface area contributed by atoms with Gasteiger partial charge in [-0.15, -0.1) is 0 Å². The first kappa shape index (κ1) is 8.25. The minimum atomic E-state index is -0.832. The smallest absolute Gasteiger partial charge is 0.126 e. The van der Waals surface area contributed by atoms with Gasteiger partial charge in [-0.3, -0.25) is 0 Å². The Balaban J connectivity index is 2.61. The Kier molecular flexibility index (Phi) is 3.09. The van der Waals surface area contributed by atoms with Crippen LogP contribution in [0.25, 0.3) is 0 Å². The van der Waals surface area contributed by atoms with Crippen LogP contribution in [-0.2, 0) is 0 Å². The first-order chi connectivity index (χ1) is 5.34. The normalized spacial score (nSPS) is 12.9. The molecule has 0 saturated heterocycles. The van der Waals surface area contributed by atoms with Gasteiger partial charge in [-0.2, -0.15) is 0 Å². The van der Waals surface area contributed by atoms with Crippen molar-refractivity contribution in [2.45, 2.75) is 25.9 Å². The highest BCUT2D eigenvalue weighted by atomic mass is 19.1. The van der Waals surface area contributed by atoms with Crippen molar-refractivity contribution in [2.24, 2.45) is 0 Å². The monoisotopic (exact) mass is 151 g/mol. The van der Waals surface area contributed by atoms with Crippen molar-refractivity contribution in [1.82, 2.24) is 0 Å². The van der Waals surface area contributed by atoms with E-state index in [9.17, 15) is 4.39 Å². The van der Waals surface area contributed by atoms with Crippen molar-refractivity contribution in [3.8, 4) is 0 Å². The van der Waals surface area contributed by atoms with Gasteiger partial charge in [0.05, 0.1) is 0 Å².